The van der Waals surface area contributed by atoms with Gasteiger partial charge in [-0.3, -0.25) is 4.79 Å². The Morgan fingerprint density at radius 2 is 1.91 bits per heavy atom. The van der Waals surface area contributed by atoms with E-state index in [-0.39, 0.29) is 12.5 Å². The third-order valence-corrected chi connectivity index (χ3v) is 9.27. The number of β-lactam (4-membered cyclic amide) rings is 1. The number of hydrogen-bond donors (Lipinski definition) is 0. The van der Waals surface area contributed by atoms with Crippen molar-refractivity contribution in [2.75, 3.05) is 6.61 Å². The number of rotatable bonds is 7. The molecule has 23 heavy (non-hydrogen) atoms. The Bertz CT molecular complexity index is 532. The largest absolute Gasteiger partial charge is 0.467 e. The van der Waals surface area contributed by atoms with E-state index in [0.717, 1.165) is 23.0 Å². The van der Waals surface area contributed by atoms with Crippen molar-refractivity contribution in [2.45, 2.75) is 58.0 Å². The van der Waals surface area contributed by atoms with Crippen LogP contribution < -0.4 is 0 Å². The van der Waals surface area contributed by atoms with E-state index in [1.807, 2.05) is 0 Å². The van der Waals surface area contributed by atoms with E-state index in [9.17, 15) is 9.59 Å². The van der Waals surface area contributed by atoms with Gasteiger partial charge in [0.2, 0.25) is 0 Å². The summed E-state index contributed by atoms with van der Waals surface area (Å²) < 4.78 is 16.7. The van der Waals surface area contributed by atoms with Gasteiger partial charge in [0.15, 0.2) is 14.4 Å². The highest BCUT2D eigenvalue weighted by Crippen LogP contribution is 2.40. The molecule has 2 heterocycles. The quantitative estimate of drug-likeness (QED) is 0.559. The van der Waals surface area contributed by atoms with Gasteiger partial charge in [0.05, 0.1) is 12.9 Å². The molecule has 0 spiro atoms. The van der Waals surface area contributed by atoms with Gasteiger partial charge in [-0.1, -0.05) is 20.8 Å². The van der Waals surface area contributed by atoms with Crippen LogP contribution in [-0.4, -0.2) is 37.9 Å². The van der Waals surface area contributed by atoms with Gasteiger partial charge in [0.25, 0.3) is 5.91 Å². The van der Waals surface area contributed by atoms with Crippen molar-refractivity contribution in [3.63, 3.8) is 0 Å². The number of likely N-dealkylation sites (tertiary alicyclic amines) is 1. The molecular formula is C16H25NO5Si. The number of furan rings is 1. The van der Waals surface area contributed by atoms with Crippen LogP contribution in [0, 0.1) is 0 Å². The zero-order chi connectivity index (χ0) is 17.0. The van der Waals surface area contributed by atoms with Crippen molar-refractivity contribution in [3.05, 3.63) is 24.2 Å². The number of hydrogen-bond acceptors (Lipinski definition) is 5. The predicted octanol–water partition coefficient (Wildman–Crippen LogP) is 3.71. The molecule has 7 heteroatoms. The van der Waals surface area contributed by atoms with E-state index in [1.165, 1.54) is 6.26 Å². The van der Waals surface area contributed by atoms with Crippen molar-refractivity contribution in [1.82, 2.24) is 4.90 Å². The summed E-state index contributed by atoms with van der Waals surface area (Å²) in [7, 11) is -1.97. The first kappa shape index (κ1) is 17.7. The Labute approximate surface area is 137 Å². The van der Waals surface area contributed by atoms with E-state index in [4.69, 9.17) is 13.6 Å². The van der Waals surface area contributed by atoms with Crippen molar-refractivity contribution < 1.29 is 23.2 Å². The smallest absolute Gasteiger partial charge is 0.417 e. The van der Waals surface area contributed by atoms with Crippen molar-refractivity contribution >= 4 is 20.3 Å². The van der Waals surface area contributed by atoms with Crippen molar-refractivity contribution in [2.24, 2.45) is 0 Å². The van der Waals surface area contributed by atoms with E-state index in [1.54, 1.807) is 19.1 Å². The van der Waals surface area contributed by atoms with Crippen LogP contribution in [0.4, 0.5) is 4.79 Å². The maximum Gasteiger partial charge on any atom is 0.417 e. The van der Waals surface area contributed by atoms with Gasteiger partial charge >= 0.3 is 6.09 Å². The minimum Gasteiger partial charge on any atom is -0.467 e. The van der Waals surface area contributed by atoms with E-state index in [0.29, 0.717) is 5.76 Å². The van der Waals surface area contributed by atoms with Crippen LogP contribution in [0.25, 0.3) is 0 Å². The summed E-state index contributed by atoms with van der Waals surface area (Å²) in [6.45, 7) is 8.24. The standard InChI is InChI=1S/C16H25NO5Si/c1-5-20-16(19)17-13(12-10-9-11-21-12)14(15(17)18)22-23(6-2,7-3)8-4/h9-11,13-14H,5-8H2,1-4H3/t13-,14+/m0/s1. The van der Waals surface area contributed by atoms with Crippen molar-refractivity contribution in [3.8, 4) is 0 Å². The van der Waals surface area contributed by atoms with E-state index >= 15 is 0 Å². The fourth-order valence-corrected chi connectivity index (χ4v) is 5.75. The van der Waals surface area contributed by atoms with Crippen LogP contribution in [0.2, 0.25) is 18.1 Å². The molecule has 0 unspecified atom stereocenters. The van der Waals surface area contributed by atoms with Gasteiger partial charge in [-0.15, -0.1) is 0 Å². The molecule has 0 radical (unpaired) electrons. The first-order valence-corrected chi connectivity index (χ1v) is 10.8. The minimum absolute atomic E-state index is 0.219. The number of amides is 2. The summed E-state index contributed by atoms with van der Waals surface area (Å²) in [5, 5.41) is 0. The second kappa shape index (κ2) is 7.31. The number of ether oxygens (including phenoxy) is 1. The molecule has 1 fully saturated rings. The molecule has 2 atom stereocenters. The SMILES string of the molecule is CCOC(=O)N1C(=O)[C@H](O[Si](CC)(CC)CC)[C@@H]1c1ccco1. The van der Waals surface area contributed by atoms with Crippen LogP contribution in [0.5, 0.6) is 0 Å². The first-order chi connectivity index (χ1) is 11.0. The lowest BCUT2D eigenvalue weighted by atomic mass is 9.96. The minimum atomic E-state index is -1.97. The average Bonchev–Trinajstić information content (AvgIpc) is 3.07. The number of carbonyl (C=O) groups excluding carboxylic acids is 2. The molecule has 0 aliphatic carbocycles. The Hall–Kier alpha value is -1.60. The molecule has 2 amide bonds. The first-order valence-electron chi connectivity index (χ1n) is 8.24. The lowest BCUT2D eigenvalue weighted by Gasteiger charge is -2.46. The summed E-state index contributed by atoms with van der Waals surface area (Å²) in [6.07, 6.45) is 0.232. The average molecular weight is 339 g/mol. The van der Waals surface area contributed by atoms with Gasteiger partial charge < -0.3 is 13.6 Å². The molecular weight excluding hydrogens is 314 g/mol. The molecule has 1 aromatic rings. The summed E-state index contributed by atoms with van der Waals surface area (Å²) in [5.41, 5.74) is 0. The van der Waals surface area contributed by atoms with Crippen LogP contribution in [0.3, 0.4) is 0 Å². The molecule has 0 saturated carbocycles. The highest BCUT2D eigenvalue weighted by molar-refractivity contribution is 6.73. The Morgan fingerprint density at radius 1 is 1.26 bits per heavy atom. The van der Waals surface area contributed by atoms with Crippen LogP contribution in [0.15, 0.2) is 22.8 Å². The highest BCUT2D eigenvalue weighted by Gasteiger charge is 2.56. The predicted molar refractivity (Wildman–Crippen MR) is 87.4 cm³/mol. The molecule has 0 aromatic carbocycles. The normalized spacial score (nSPS) is 21.2. The molecule has 2 rings (SSSR count). The summed E-state index contributed by atoms with van der Waals surface area (Å²) in [5.74, 6) is 0.214. The lowest BCUT2D eigenvalue weighted by Crippen LogP contribution is -2.64. The topological polar surface area (TPSA) is 69.0 Å². The number of nitrogens with zero attached hydrogens (tertiary/aromatic N) is 1. The molecule has 6 nitrogen and oxygen atoms in total. The molecule has 0 bridgehead atoms. The Kier molecular flexibility index (Phi) is 5.64. The summed E-state index contributed by atoms with van der Waals surface area (Å²) in [4.78, 5) is 25.7. The van der Waals surface area contributed by atoms with Crippen LogP contribution >= 0.6 is 0 Å². The van der Waals surface area contributed by atoms with Gasteiger partial charge in [-0.05, 0) is 37.2 Å². The fraction of sp³-hybridized carbons (Fsp3) is 0.625. The molecule has 1 aromatic heterocycles. The second-order valence-electron chi connectivity index (χ2n) is 5.65. The Balaban J connectivity index is 2.25. The third kappa shape index (κ3) is 3.21. The maximum absolute atomic E-state index is 12.5. The second-order valence-corrected chi connectivity index (χ2v) is 10.4. The van der Waals surface area contributed by atoms with Crippen molar-refractivity contribution in [1.29, 1.82) is 0 Å². The zero-order valence-corrected chi connectivity index (χ0v) is 15.2. The summed E-state index contributed by atoms with van der Waals surface area (Å²) in [6, 6.07) is 5.78. The monoisotopic (exact) mass is 339 g/mol. The molecule has 1 aliphatic heterocycles. The molecule has 128 valence electrons. The Morgan fingerprint density at radius 3 is 2.39 bits per heavy atom. The third-order valence-electron chi connectivity index (χ3n) is 4.65. The van der Waals surface area contributed by atoms with Crippen LogP contribution in [0.1, 0.15) is 39.5 Å². The molecule has 1 saturated heterocycles. The van der Waals surface area contributed by atoms with Gasteiger partial charge in [-0.25, -0.2) is 9.69 Å². The van der Waals surface area contributed by atoms with Gasteiger partial charge in [-0.2, -0.15) is 0 Å². The maximum atomic E-state index is 12.5. The van der Waals surface area contributed by atoms with Gasteiger partial charge in [0, 0.05) is 0 Å². The van der Waals surface area contributed by atoms with Gasteiger partial charge in [0.1, 0.15) is 11.8 Å². The zero-order valence-electron chi connectivity index (χ0n) is 14.2. The molecule has 0 N–H and O–H groups in total. The molecule has 1 aliphatic rings. The lowest BCUT2D eigenvalue weighted by molar-refractivity contribution is -0.162. The van der Waals surface area contributed by atoms with E-state index in [2.05, 4.69) is 20.8 Å². The van der Waals surface area contributed by atoms with E-state index < -0.39 is 26.6 Å². The fourth-order valence-electron chi connectivity index (χ4n) is 2.98. The van der Waals surface area contributed by atoms with Crippen LogP contribution in [-0.2, 0) is 14.0 Å². The number of carbonyl (C=O) groups is 2. The summed E-state index contributed by atoms with van der Waals surface area (Å²) >= 11 is 0. The number of imide groups is 1. The highest BCUT2D eigenvalue weighted by atomic mass is 28.4.